The number of rotatable bonds is 7. The molecule has 18 heavy (non-hydrogen) atoms. The summed E-state index contributed by atoms with van der Waals surface area (Å²) >= 11 is 0. The Balaban J connectivity index is 2.60. The van der Waals surface area contributed by atoms with Gasteiger partial charge in [0.15, 0.2) is 0 Å². The molecule has 2 unspecified atom stereocenters. The largest absolute Gasteiger partial charge is 0.325 e. The van der Waals surface area contributed by atoms with Crippen LogP contribution in [-0.2, 0) is 4.79 Å². The molecule has 1 aliphatic rings. The van der Waals surface area contributed by atoms with Crippen molar-refractivity contribution in [2.75, 3.05) is 26.7 Å². The smallest absolute Gasteiger partial charge is 0.241 e. The second-order valence-electron chi connectivity index (χ2n) is 5.70. The minimum atomic E-state index is 0.0284. The van der Waals surface area contributed by atoms with Gasteiger partial charge >= 0.3 is 0 Å². The van der Waals surface area contributed by atoms with Crippen LogP contribution in [0.15, 0.2) is 0 Å². The Morgan fingerprint density at radius 3 is 2.56 bits per heavy atom. The second kappa shape index (κ2) is 7.10. The van der Waals surface area contributed by atoms with Crippen LogP contribution in [0.5, 0.6) is 0 Å². The average Bonchev–Trinajstić information content (AvgIpc) is 2.62. The van der Waals surface area contributed by atoms with Gasteiger partial charge in [0.25, 0.3) is 0 Å². The minimum Gasteiger partial charge on any atom is -0.325 e. The number of nitrogens with zero attached hydrogens (tertiary/aromatic N) is 2. The molecule has 0 aromatic rings. The Morgan fingerprint density at radius 2 is 2.06 bits per heavy atom. The molecule has 1 heterocycles. The third kappa shape index (κ3) is 3.95. The van der Waals surface area contributed by atoms with Crippen LogP contribution in [0, 0.1) is 5.92 Å². The number of amides is 1. The lowest BCUT2D eigenvalue weighted by Crippen LogP contribution is -2.42. The maximum Gasteiger partial charge on any atom is 0.241 e. The molecule has 0 radical (unpaired) electrons. The number of likely N-dealkylation sites (N-methyl/N-ethyl adjacent to an activating group) is 1. The molecular formula is C14H29N3O. The molecular weight excluding hydrogens is 226 g/mol. The summed E-state index contributed by atoms with van der Waals surface area (Å²) in [6.45, 7) is 11.5. The van der Waals surface area contributed by atoms with Gasteiger partial charge in [0, 0.05) is 13.1 Å². The molecule has 0 aliphatic carbocycles. The maximum absolute atomic E-state index is 12.3. The monoisotopic (exact) mass is 255 g/mol. The first-order valence-corrected chi connectivity index (χ1v) is 7.24. The highest BCUT2D eigenvalue weighted by Gasteiger charge is 2.37. The Hall–Kier alpha value is -0.610. The lowest BCUT2D eigenvalue weighted by atomic mass is 10.1. The Labute approximate surface area is 112 Å². The van der Waals surface area contributed by atoms with E-state index in [1.807, 2.05) is 4.90 Å². The van der Waals surface area contributed by atoms with E-state index in [-0.39, 0.29) is 18.1 Å². The van der Waals surface area contributed by atoms with Crippen LogP contribution >= 0.6 is 0 Å². The highest BCUT2D eigenvalue weighted by atomic mass is 16.2. The van der Waals surface area contributed by atoms with Crippen molar-refractivity contribution >= 4 is 5.91 Å². The van der Waals surface area contributed by atoms with Crippen molar-refractivity contribution in [2.24, 2.45) is 5.92 Å². The first-order valence-electron chi connectivity index (χ1n) is 7.24. The molecule has 0 bridgehead atoms. The number of carbonyl (C=O) groups excluding carboxylic acids is 1. The molecule has 0 spiro atoms. The quantitative estimate of drug-likeness (QED) is 0.749. The lowest BCUT2D eigenvalue weighted by molar-refractivity contribution is -0.130. The standard InChI is InChI=1S/C14H29N3O/c1-6-12-14(18)17(9-8-16(5)7-2)13(15-12)10-11(3)4/h11-13,15H,6-10H2,1-5H3. The average molecular weight is 255 g/mol. The van der Waals surface area contributed by atoms with E-state index in [1.54, 1.807) is 0 Å². The number of carbonyl (C=O) groups is 1. The summed E-state index contributed by atoms with van der Waals surface area (Å²) in [7, 11) is 2.10. The van der Waals surface area contributed by atoms with Gasteiger partial charge in [0.1, 0.15) is 0 Å². The normalized spacial score (nSPS) is 24.6. The van der Waals surface area contributed by atoms with Crippen LogP contribution < -0.4 is 5.32 Å². The molecule has 0 saturated carbocycles. The molecule has 4 nitrogen and oxygen atoms in total. The van der Waals surface area contributed by atoms with E-state index in [4.69, 9.17) is 0 Å². The molecule has 0 aromatic heterocycles. The molecule has 1 saturated heterocycles. The van der Waals surface area contributed by atoms with E-state index in [9.17, 15) is 4.79 Å². The number of nitrogens with one attached hydrogen (secondary N) is 1. The summed E-state index contributed by atoms with van der Waals surface area (Å²) in [6, 6.07) is 0.0284. The highest BCUT2D eigenvalue weighted by Crippen LogP contribution is 2.18. The number of hydrogen-bond acceptors (Lipinski definition) is 3. The van der Waals surface area contributed by atoms with Gasteiger partial charge in [-0.05, 0) is 32.4 Å². The van der Waals surface area contributed by atoms with Gasteiger partial charge in [-0.25, -0.2) is 0 Å². The fraction of sp³-hybridized carbons (Fsp3) is 0.929. The minimum absolute atomic E-state index is 0.0284. The fourth-order valence-electron chi connectivity index (χ4n) is 2.38. The summed E-state index contributed by atoms with van der Waals surface area (Å²) in [5.74, 6) is 0.893. The Bertz CT molecular complexity index is 268. The lowest BCUT2D eigenvalue weighted by Gasteiger charge is -2.27. The van der Waals surface area contributed by atoms with E-state index in [0.717, 1.165) is 32.5 Å². The molecule has 2 atom stereocenters. The Morgan fingerprint density at radius 1 is 1.39 bits per heavy atom. The van der Waals surface area contributed by atoms with Crippen LogP contribution in [0.2, 0.25) is 0 Å². The topological polar surface area (TPSA) is 35.6 Å². The van der Waals surface area contributed by atoms with Gasteiger partial charge < -0.3 is 9.80 Å². The summed E-state index contributed by atoms with van der Waals surface area (Å²) in [4.78, 5) is 16.6. The maximum atomic E-state index is 12.3. The van der Waals surface area contributed by atoms with Crippen molar-refractivity contribution in [2.45, 2.75) is 52.7 Å². The SMILES string of the molecule is CCC1NC(CC(C)C)N(CCN(C)CC)C1=O. The molecule has 0 aromatic carbocycles. The first kappa shape index (κ1) is 15.4. The zero-order valence-electron chi connectivity index (χ0n) is 12.6. The third-order valence-corrected chi connectivity index (χ3v) is 3.72. The van der Waals surface area contributed by atoms with E-state index in [1.165, 1.54) is 0 Å². The molecule has 106 valence electrons. The van der Waals surface area contributed by atoms with Gasteiger partial charge in [-0.1, -0.05) is 27.7 Å². The van der Waals surface area contributed by atoms with Crippen LogP contribution in [0.3, 0.4) is 0 Å². The summed E-state index contributed by atoms with van der Waals surface area (Å²) in [5, 5.41) is 3.47. The van der Waals surface area contributed by atoms with Crippen molar-refractivity contribution in [3.8, 4) is 0 Å². The zero-order chi connectivity index (χ0) is 13.7. The van der Waals surface area contributed by atoms with Crippen molar-refractivity contribution in [3.05, 3.63) is 0 Å². The predicted octanol–water partition coefficient (Wildman–Crippen LogP) is 1.52. The molecule has 1 fully saturated rings. The van der Waals surface area contributed by atoms with Crippen LogP contribution in [0.4, 0.5) is 0 Å². The van der Waals surface area contributed by atoms with Crippen LogP contribution in [0.25, 0.3) is 0 Å². The predicted molar refractivity (Wildman–Crippen MR) is 75.3 cm³/mol. The second-order valence-corrected chi connectivity index (χ2v) is 5.70. The van der Waals surface area contributed by atoms with Gasteiger partial charge in [0.2, 0.25) is 5.91 Å². The van der Waals surface area contributed by atoms with E-state index >= 15 is 0 Å². The Kier molecular flexibility index (Phi) is 6.09. The van der Waals surface area contributed by atoms with Gasteiger partial charge in [-0.3, -0.25) is 10.1 Å². The van der Waals surface area contributed by atoms with Crippen molar-refractivity contribution < 1.29 is 4.79 Å². The van der Waals surface area contributed by atoms with E-state index in [2.05, 4.69) is 45.0 Å². The van der Waals surface area contributed by atoms with Gasteiger partial charge in [-0.2, -0.15) is 0 Å². The van der Waals surface area contributed by atoms with Crippen LogP contribution in [0.1, 0.15) is 40.5 Å². The van der Waals surface area contributed by atoms with Crippen molar-refractivity contribution in [1.82, 2.24) is 15.1 Å². The highest BCUT2D eigenvalue weighted by molar-refractivity contribution is 5.84. The van der Waals surface area contributed by atoms with Crippen molar-refractivity contribution in [1.29, 1.82) is 0 Å². The van der Waals surface area contributed by atoms with Gasteiger partial charge in [0.05, 0.1) is 12.2 Å². The molecule has 4 heteroatoms. The summed E-state index contributed by atoms with van der Waals surface area (Å²) in [5.41, 5.74) is 0. The van der Waals surface area contributed by atoms with E-state index in [0.29, 0.717) is 5.92 Å². The zero-order valence-corrected chi connectivity index (χ0v) is 12.6. The number of hydrogen-bond donors (Lipinski definition) is 1. The van der Waals surface area contributed by atoms with Crippen molar-refractivity contribution in [3.63, 3.8) is 0 Å². The molecule has 1 aliphatic heterocycles. The van der Waals surface area contributed by atoms with E-state index < -0.39 is 0 Å². The molecule has 1 N–H and O–H groups in total. The third-order valence-electron chi connectivity index (χ3n) is 3.72. The summed E-state index contributed by atoms with van der Waals surface area (Å²) < 4.78 is 0. The summed E-state index contributed by atoms with van der Waals surface area (Å²) in [6.07, 6.45) is 2.15. The van der Waals surface area contributed by atoms with Crippen LogP contribution in [-0.4, -0.2) is 54.6 Å². The van der Waals surface area contributed by atoms with Gasteiger partial charge in [-0.15, -0.1) is 0 Å². The molecule has 1 amide bonds. The molecule has 1 rings (SSSR count). The first-order chi connectivity index (χ1) is 8.49. The fourth-order valence-corrected chi connectivity index (χ4v) is 2.38.